The van der Waals surface area contributed by atoms with Crippen LogP contribution in [0, 0.1) is 11.3 Å². The minimum absolute atomic E-state index is 0.0734. The monoisotopic (exact) mass is 311 g/mol. The van der Waals surface area contributed by atoms with E-state index in [9.17, 15) is 0 Å². The molecule has 0 spiro atoms. The SMILES string of the molecule is N#Cc1ccc(CN[C@H]2CCCC[C@H]2n2cc(CO)nn2)cc1. The molecule has 0 unspecified atom stereocenters. The number of benzene rings is 1. The third-order valence-electron chi connectivity index (χ3n) is 4.44. The number of rotatable bonds is 5. The van der Waals surface area contributed by atoms with E-state index in [1.807, 2.05) is 35.1 Å². The summed E-state index contributed by atoms with van der Waals surface area (Å²) in [7, 11) is 0. The zero-order chi connectivity index (χ0) is 16.1. The van der Waals surface area contributed by atoms with Gasteiger partial charge in [-0.25, -0.2) is 4.68 Å². The summed E-state index contributed by atoms with van der Waals surface area (Å²) < 4.78 is 1.89. The van der Waals surface area contributed by atoms with Crippen molar-refractivity contribution in [1.29, 1.82) is 5.26 Å². The second-order valence-electron chi connectivity index (χ2n) is 6.00. The Morgan fingerprint density at radius 1 is 1.26 bits per heavy atom. The molecule has 1 aliphatic rings. The Labute approximate surface area is 135 Å². The van der Waals surface area contributed by atoms with Crippen LogP contribution in [0.25, 0.3) is 0 Å². The fourth-order valence-electron chi connectivity index (χ4n) is 3.16. The quantitative estimate of drug-likeness (QED) is 0.881. The third kappa shape index (κ3) is 3.76. The van der Waals surface area contributed by atoms with Crippen molar-refractivity contribution in [1.82, 2.24) is 20.3 Å². The zero-order valence-electron chi connectivity index (χ0n) is 13.0. The fraction of sp³-hybridized carbons (Fsp3) is 0.471. The van der Waals surface area contributed by atoms with E-state index >= 15 is 0 Å². The predicted molar refractivity (Wildman–Crippen MR) is 85.2 cm³/mol. The highest BCUT2D eigenvalue weighted by Crippen LogP contribution is 2.28. The second kappa shape index (κ2) is 7.36. The number of hydrogen-bond acceptors (Lipinski definition) is 5. The zero-order valence-corrected chi connectivity index (χ0v) is 13.0. The molecule has 1 heterocycles. The molecule has 6 nitrogen and oxygen atoms in total. The van der Waals surface area contributed by atoms with Crippen molar-refractivity contribution in [2.24, 2.45) is 0 Å². The lowest BCUT2D eigenvalue weighted by Crippen LogP contribution is -2.39. The van der Waals surface area contributed by atoms with Gasteiger partial charge in [0.25, 0.3) is 0 Å². The summed E-state index contributed by atoms with van der Waals surface area (Å²) in [5.41, 5.74) is 2.47. The molecule has 6 heteroatoms. The number of nitrogens with one attached hydrogen (secondary N) is 1. The van der Waals surface area contributed by atoms with Crippen LogP contribution in [0.2, 0.25) is 0 Å². The van der Waals surface area contributed by atoms with Gasteiger partial charge in [-0.2, -0.15) is 5.26 Å². The second-order valence-corrected chi connectivity index (χ2v) is 6.00. The molecule has 0 bridgehead atoms. The molecule has 0 radical (unpaired) electrons. The number of hydrogen-bond donors (Lipinski definition) is 2. The van der Waals surface area contributed by atoms with Gasteiger partial charge in [0.1, 0.15) is 5.69 Å². The molecule has 1 aliphatic carbocycles. The summed E-state index contributed by atoms with van der Waals surface area (Å²) in [5.74, 6) is 0. The van der Waals surface area contributed by atoms with Crippen LogP contribution >= 0.6 is 0 Å². The summed E-state index contributed by atoms with van der Waals surface area (Å²) in [5, 5.41) is 29.8. The molecule has 1 saturated carbocycles. The van der Waals surface area contributed by atoms with Gasteiger partial charge in [-0.1, -0.05) is 30.2 Å². The standard InChI is InChI=1S/C17H21N5O/c18-9-13-5-7-14(8-6-13)10-19-16-3-1-2-4-17(16)22-11-15(12-23)20-21-22/h5-8,11,16-17,19,23H,1-4,10,12H2/t16-,17+/m0/s1. The predicted octanol–water partition coefficient (Wildman–Crippen LogP) is 1.92. The first-order valence-electron chi connectivity index (χ1n) is 8.04. The Morgan fingerprint density at radius 3 is 2.74 bits per heavy atom. The van der Waals surface area contributed by atoms with Gasteiger partial charge in [-0.15, -0.1) is 5.10 Å². The van der Waals surface area contributed by atoms with E-state index in [1.54, 1.807) is 0 Å². The van der Waals surface area contributed by atoms with Crippen LogP contribution in [0.5, 0.6) is 0 Å². The number of nitrogens with zero attached hydrogens (tertiary/aromatic N) is 4. The third-order valence-corrected chi connectivity index (χ3v) is 4.44. The molecule has 1 fully saturated rings. The molecule has 0 aliphatic heterocycles. The summed E-state index contributed by atoms with van der Waals surface area (Å²) in [6, 6.07) is 10.4. The van der Waals surface area contributed by atoms with Crippen LogP contribution in [0.1, 0.15) is 48.5 Å². The van der Waals surface area contributed by atoms with Gasteiger partial charge < -0.3 is 10.4 Å². The van der Waals surface area contributed by atoms with Gasteiger partial charge in [0, 0.05) is 12.6 Å². The summed E-state index contributed by atoms with van der Waals surface area (Å²) in [6.07, 6.45) is 6.41. The molecule has 1 aromatic carbocycles. The molecule has 3 rings (SSSR count). The van der Waals surface area contributed by atoms with E-state index in [0.717, 1.165) is 19.4 Å². The van der Waals surface area contributed by atoms with E-state index in [0.29, 0.717) is 17.3 Å². The van der Waals surface area contributed by atoms with Crippen molar-refractivity contribution in [3.8, 4) is 6.07 Å². The fourth-order valence-corrected chi connectivity index (χ4v) is 3.16. The molecule has 120 valence electrons. The van der Waals surface area contributed by atoms with Crippen LogP contribution in [0.15, 0.2) is 30.5 Å². The maximum absolute atomic E-state index is 9.16. The van der Waals surface area contributed by atoms with Crippen LogP contribution in [-0.4, -0.2) is 26.1 Å². The molecule has 23 heavy (non-hydrogen) atoms. The first-order chi connectivity index (χ1) is 11.3. The molecular formula is C17H21N5O. The Bertz CT molecular complexity index is 673. The number of aromatic nitrogens is 3. The van der Waals surface area contributed by atoms with E-state index in [-0.39, 0.29) is 12.6 Å². The van der Waals surface area contributed by atoms with E-state index < -0.39 is 0 Å². The molecule has 0 saturated heterocycles. The van der Waals surface area contributed by atoms with Crippen molar-refractivity contribution in [3.63, 3.8) is 0 Å². The summed E-state index contributed by atoms with van der Waals surface area (Å²) in [4.78, 5) is 0. The van der Waals surface area contributed by atoms with E-state index in [4.69, 9.17) is 10.4 Å². The maximum Gasteiger partial charge on any atom is 0.108 e. The Kier molecular flexibility index (Phi) is 5.01. The van der Waals surface area contributed by atoms with Gasteiger partial charge in [-0.3, -0.25) is 0 Å². The largest absolute Gasteiger partial charge is 0.390 e. The molecule has 2 N–H and O–H groups in total. The first-order valence-corrected chi connectivity index (χ1v) is 8.04. The average Bonchev–Trinajstić information content (AvgIpc) is 3.09. The van der Waals surface area contributed by atoms with Gasteiger partial charge in [-0.05, 0) is 30.5 Å². The molecular weight excluding hydrogens is 290 g/mol. The molecule has 0 amide bonds. The highest BCUT2D eigenvalue weighted by Gasteiger charge is 2.27. The van der Waals surface area contributed by atoms with Gasteiger partial charge in [0.15, 0.2) is 0 Å². The highest BCUT2D eigenvalue weighted by atomic mass is 16.3. The van der Waals surface area contributed by atoms with Gasteiger partial charge in [0.2, 0.25) is 0 Å². The molecule has 1 aromatic heterocycles. The van der Waals surface area contributed by atoms with Crippen molar-refractivity contribution in [2.45, 2.75) is 50.9 Å². The van der Waals surface area contributed by atoms with Crippen LogP contribution in [0.4, 0.5) is 0 Å². The smallest absolute Gasteiger partial charge is 0.108 e. The van der Waals surface area contributed by atoms with Crippen molar-refractivity contribution >= 4 is 0 Å². The molecule has 2 atom stereocenters. The normalized spacial score (nSPS) is 21.0. The lowest BCUT2D eigenvalue weighted by atomic mass is 9.90. The van der Waals surface area contributed by atoms with E-state index in [2.05, 4.69) is 21.7 Å². The van der Waals surface area contributed by atoms with Crippen LogP contribution < -0.4 is 5.32 Å². The first kappa shape index (κ1) is 15.7. The summed E-state index contributed by atoms with van der Waals surface area (Å²) in [6.45, 7) is 0.699. The topological polar surface area (TPSA) is 86.8 Å². The number of aliphatic hydroxyl groups is 1. The van der Waals surface area contributed by atoms with Gasteiger partial charge >= 0.3 is 0 Å². The van der Waals surface area contributed by atoms with Crippen molar-refractivity contribution < 1.29 is 5.11 Å². The number of nitriles is 1. The van der Waals surface area contributed by atoms with Gasteiger partial charge in [0.05, 0.1) is 30.5 Å². The van der Waals surface area contributed by atoms with Crippen LogP contribution in [-0.2, 0) is 13.2 Å². The highest BCUT2D eigenvalue weighted by molar-refractivity contribution is 5.31. The van der Waals surface area contributed by atoms with E-state index in [1.165, 1.54) is 18.4 Å². The van der Waals surface area contributed by atoms with Crippen LogP contribution in [0.3, 0.4) is 0 Å². The lowest BCUT2D eigenvalue weighted by molar-refractivity contribution is 0.242. The molecule has 2 aromatic rings. The Balaban J connectivity index is 1.65. The average molecular weight is 311 g/mol. The van der Waals surface area contributed by atoms with Crippen molar-refractivity contribution in [2.75, 3.05) is 0 Å². The summed E-state index contributed by atoms with van der Waals surface area (Å²) >= 11 is 0. The minimum atomic E-state index is -0.0734. The van der Waals surface area contributed by atoms with Crippen molar-refractivity contribution in [3.05, 3.63) is 47.3 Å². The number of aliphatic hydroxyl groups excluding tert-OH is 1. The maximum atomic E-state index is 9.16. The lowest BCUT2D eigenvalue weighted by Gasteiger charge is -2.32. The Hall–Kier alpha value is -2.23. The minimum Gasteiger partial charge on any atom is -0.390 e. The Morgan fingerprint density at radius 2 is 2.04 bits per heavy atom.